The molecule has 126 valence electrons. The summed E-state index contributed by atoms with van der Waals surface area (Å²) in [5.41, 5.74) is 3.93. The first-order valence-corrected chi connectivity index (χ1v) is 6.75. The highest BCUT2D eigenvalue weighted by Gasteiger charge is 2.42. The number of carbonyl (C=O) groups excluding carboxylic acids is 1. The van der Waals surface area contributed by atoms with Crippen LogP contribution >= 0.6 is 0 Å². The van der Waals surface area contributed by atoms with Gasteiger partial charge in [-0.2, -0.15) is 18.4 Å². The molecule has 2 rings (SSSR count). The first-order chi connectivity index (χ1) is 11.2. The maximum atomic E-state index is 13.3. The van der Waals surface area contributed by atoms with Crippen molar-refractivity contribution in [2.45, 2.75) is 19.0 Å². The monoisotopic (exact) mass is 338 g/mol. The minimum absolute atomic E-state index is 0.0136. The summed E-state index contributed by atoms with van der Waals surface area (Å²) in [5.74, 6) is -2.58. The summed E-state index contributed by atoms with van der Waals surface area (Å²) < 4.78 is 49.8. The molecule has 1 aromatic carbocycles. The highest BCUT2D eigenvalue weighted by Crippen LogP contribution is 2.44. The Hall–Kier alpha value is -2.95. The van der Waals surface area contributed by atoms with E-state index in [9.17, 15) is 23.2 Å². The van der Waals surface area contributed by atoms with E-state index < -0.39 is 23.6 Å². The molecule has 0 fully saturated rings. The Morgan fingerprint density at radius 3 is 2.54 bits per heavy atom. The lowest BCUT2D eigenvalue weighted by Gasteiger charge is -2.28. The minimum Gasteiger partial charge on any atom is -0.466 e. The number of hydrogen-bond donors (Lipinski definition) is 1. The fraction of sp³-hybridized carbons (Fsp3) is 0.250. The van der Waals surface area contributed by atoms with Gasteiger partial charge in [-0.15, -0.1) is 0 Å². The number of benzene rings is 1. The van der Waals surface area contributed by atoms with E-state index in [-0.39, 0.29) is 28.4 Å². The molecule has 0 radical (unpaired) electrons. The Kier molecular flexibility index (Phi) is 4.55. The standard InChI is InChI=1S/C16H13F3N2O3/c1-8-12(15(22)23-2)13(10(7-20)14(21)24-8)9-5-3-4-6-11(9)16(17,18)19/h3-6,13H,21H2,1-2H3/t13-/m1/s1. The van der Waals surface area contributed by atoms with Gasteiger partial charge < -0.3 is 15.2 Å². The average Bonchev–Trinajstić information content (AvgIpc) is 2.52. The van der Waals surface area contributed by atoms with Crippen LogP contribution < -0.4 is 5.73 Å². The average molecular weight is 338 g/mol. The summed E-state index contributed by atoms with van der Waals surface area (Å²) in [5, 5.41) is 9.32. The molecule has 0 spiro atoms. The van der Waals surface area contributed by atoms with Crippen molar-refractivity contribution in [3.8, 4) is 6.07 Å². The fourth-order valence-electron chi connectivity index (χ4n) is 2.57. The van der Waals surface area contributed by atoms with Crippen LogP contribution in [-0.2, 0) is 20.4 Å². The molecule has 0 aliphatic carbocycles. The molecule has 5 nitrogen and oxygen atoms in total. The van der Waals surface area contributed by atoms with E-state index in [2.05, 4.69) is 4.74 Å². The van der Waals surface area contributed by atoms with Gasteiger partial charge in [0.2, 0.25) is 5.88 Å². The number of ether oxygens (including phenoxy) is 2. The predicted molar refractivity (Wildman–Crippen MR) is 76.8 cm³/mol. The number of nitrogens with two attached hydrogens (primary N) is 1. The highest BCUT2D eigenvalue weighted by molar-refractivity contribution is 5.92. The molecule has 0 saturated carbocycles. The van der Waals surface area contributed by atoms with Crippen molar-refractivity contribution in [1.82, 2.24) is 0 Å². The zero-order chi connectivity index (χ0) is 18.1. The number of halogens is 3. The first kappa shape index (κ1) is 17.4. The Morgan fingerprint density at radius 2 is 2.00 bits per heavy atom. The number of nitriles is 1. The molecule has 8 heteroatoms. The van der Waals surface area contributed by atoms with E-state index >= 15 is 0 Å². The largest absolute Gasteiger partial charge is 0.466 e. The minimum atomic E-state index is -4.67. The van der Waals surface area contributed by atoms with Crippen LogP contribution in [0.3, 0.4) is 0 Å². The van der Waals surface area contributed by atoms with Crippen molar-refractivity contribution < 1.29 is 27.4 Å². The summed E-state index contributed by atoms with van der Waals surface area (Å²) in [4.78, 5) is 12.1. The number of methoxy groups -OCH3 is 1. The number of alkyl halides is 3. The lowest BCUT2D eigenvalue weighted by molar-refractivity contribution is -0.139. The van der Waals surface area contributed by atoms with E-state index in [0.717, 1.165) is 13.2 Å². The second kappa shape index (κ2) is 6.28. The maximum absolute atomic E-state index is 13.3. The van der Waals surface area contributed by atoms with Crippen LogP contribution in [-0.4, -0.2) is 13.1 Å². The maximum Gasteiger partial charge on any atom is 0.416 e. The van der Waals surface area contributed by atoms with Gasteiger partial charge in [0, 0.05) is 0 Å². The Morgan fingerprint density at radius 1 is 1.38 bits per heavy atom. The van der Waals surface area contributed by atoms with E-state index in [0.29, 0.717) is 0 Å². The molecule has 1 atom stereocenters. The van der Waals surface area contributed by atoms with Gasteiger partial charge in [0.25, 0.3) is 0 Å². The second-order valence-corrected chi connectivity index (χ2v) is 4.97. The molecule has 1 aliphatic heterocycles. The Labute approximate surface area is 135 Å². The number of rotatable bonds is 2. The van der Waals surface area contributed by atoms with Gasteiger partial charge in [-0.3, -0.25) is 0 Å². The molecule has 1 aromatic rings. The van der Waals surface area contributed by atoms with Gasteiger partial charge >= 0.3 is 12.1 Å². The summed E-state index contributed by atoms with van der Waals surface area (Å²) >= 11 is 0. The predicted octanol–water partition coefficient (Wildman–Crippen LogP) is 2.96. The van der Waals surface area contributed by atoms with Gasteiger partial charge in [-0.25, -0.2) is 4.79 Å². The van der Waals surface area contributed by atoms with Crippen molar-refractivity contribution in [2.24, 2.45) is 5.73 Å². The van der Waals surface area contributed by atoms with Gasteiger partial charge in [0.15, 0.2) is 0 Å². The van der Waals surface area contributed by atoms with Crippen LogP contribution in [0.2, 0.25) is 0 Å². The van der Waals surface area contributed by atoms with Crippen LogP contribution in [0, 0.1) is 11.3 Å². The number of allylic oxidation sites excluding steroid dienone is 2. The molecular formula is C16H13F3N2O3. The molecule has 24 heavy (non-hydrogen) atoms. The van der Waals surface area contributed by atoms with E-state index in [4.69, 9.17) is 10.5 Å². The Balaban J connectivity index is 2.78. The molecule has 0 aromatic heterocycles. The first-order valence-electron chi connectivity index (χ1n) is 6.75. The van der Waals surface area contributed by atoms with Crippen molar-refractivity contribution in [3.63, 3.8) is 0 Å². The number of hydrogen-bond acceptors (Lipinski definition) is 5. The molecule has 1 aliphatic rings. The highest BCUT2D eigenvalue weighted by atomic mass is 19.4. The smallest absolute Gasteiger partial charge is 0.416 e. The Bertz CT molecular complexity index is 788. The SMILES string of the molecule is COC(=O)C1=C(C)OC(N)=C(C#N)[C@H]1c1ccccc1C(F)(F)F. The van der Waals surface area contributed by atoms with E-state index in [1.54, 1.807) is 6.07 Å². The lowest BCUT2D eigenvalue weighted by Crippen LogP contribution is -2.26. The van der Waals surface area contributed by atoms with Crippen molar-refractivity contribution in [1.29, 1.82) is 5.26 Å². The van der Waals surface area contributed by atoms with Gasteiger partial charge in [-0.1, -0.05) is 18.2 Å². The molecule has 0 unspecified atom stereocenters. The van der Waals surface area contributed by atoms with E-state index in [1.165, 1.54) is 25.1 Å². The molecule has 1 heterocycles. The summed E-state index contributed by atoms with van der Waals surface area (Å²) in [7, 11) is 1.09. The number of nitrogens with zero attached hydrogens (tertiary/aromatic N) is 1. The zero-order valence-electron chi connectivity index (χ0n) is 12.8. The van der Waals surface area contributed by atoms with Crippen LogP contribution in [0.1, 0.15) is 24.0 Å². The van der Waals surface area contributed by atoms with Crippen LogP contribution in [0.5, 0.6) is 0 Å². The summed E-state index contributed by atoms with van der Waals surface area (Å²) in [6.45, 7) is 1.37. The van der Waals surface area contributed by atoms with Gasteiger partial charge in [0.1, 0.15) is 17.4 Å². The quantitative estimate of drug-likeness (QED) is 0.838. The topological polar surface area (TPSA) is 85.3 Å². The number of esters is 1. The van der Waals surface area contributed by atoms with Crippen LogP contribution in [0.4, 0.5) is 13.2 Å². The van der Waals surface area contributed by atoms with Gasteiger partial charge in [-0.05, 0) is 18.6 Å². The molecule has 0 bridgehead atoms. The number of carbonyl (C=O) groups is 1. The molecular weight excluding hydrogens is 325 g/mol. The van der Waals surface area contributed by atoms with Gasteiger partial charge in [0.05, 0.1) is 24.2 Å². The zero-order valence-corrected chi connectivity index (χ0v) is 12.8. The molecule has 2 N–H and O–H groups in total. The van der Waals surface area contributed by atoms with Crippen molar-refractivity contribution >= 4 is 5.97 Å². The third kappa shape index (κ3) is 2.93. The summed E-state index contributed by atoms with van der Waals surface area (Å²) in [6, 6.07) is 6.41. The summed E-state index contributed by atoms with van der Waals surface area (Å²) in [6.07, 6.45) is -4.67. The normalized spacial score (nSPS) is 18.1. The lowest BCUT2D eigenvalue weighted by atomic mass is 9.81. The fourth-order valence-corrected chi connectivity index (χ4v) is 2.57. The van der Waals surface area contributed by atoms with Crippen LogP contribution in [0.25, 0.3) is 0 Å². The third-order valence-corrected chi connectivity index (χ3v) is 3.59. The van der Waals surface area contributed by atoms with E-state index in [1.807, 2.05) is 0 Å². The van der Waals surface area contributed by atoms with Crippen LogP contribution in [0.15, 0.2) is 47.1 Å². The molecule has 0 saturated heterocycles. The second-order valence-electron chi connectivity index (χ2n) is 4.97. The third-order valence-electron chi connectivity index (χ3n) is 3.59. The van der Waals surface area contributed by atoms with Crippen molar-refractivity contribution in [2.75, 3.05) is 7.11 Å². The molecule has 0 amide bonds. The van der Waals surface area contributed by atoms with Crippen molar-refractivity contribution in [3.05, 3.63) is 58.2 Å².